The van der Waals surface area contributed by atoms with Crippen LogP contribution in [0.25, 0.3) is 0 Å². The number of rotatable bonds is 3. The van der Waals surface area contributed by atoms with Crippen molar-refractivity contribution in [2.24, 2.45) is 7.05 Å². The van der Waals surface area contributed by atoms with Gasteiger partial charge in [0.15, 0.2) is 0 Å². The number of aryl methyl sites for hydroxylation is 2. The molecule has 0 aliphatic rings. The van der Waals surface area contributed by atoms with E-state index >= 15 is 0 Å². The zero-order chi connectivity index (χ0) is 13.3. The summed E-state index contributed by atoms with van der Waals surface area (Å²) >= 11 is 0. The quantitative estimate of drug-likeness (QED) is 0.833. The topological polar surface area (TPSA) is 30.3 Å². The van der Waals surface area contributed by atoms with Crippen molar-refractivity contribution in [1.82, 2.24) is 9.78 Å². The summed E-state index contributed by atoms with van der Waals surface area (Å²) in [4.78, 5) is 2.15. The van der Waals surface area contributed by atoms with Crippen LogP contribution in [0.3, 0.4) is 0 Å². The maximum atomic E-state index is 5.17. The number of benzene rings is 1. The number of aromatic nitrogens is 2. The molecule has 0 atom stereocenters. The molecule has 0 amide bonds. The Balaban J connectivity index is 2.37. The first-order valence-electron chi connectivity index (χ1n) is 5.92. The van der Waals surface area contributed by atoms with E-state index in [-0.39, 0.29) is 0 Å². The van der Waals surface area contributed by atoms with Gasteiger partial charge in [-0.3, -0.25) is 4.68 Å². The van der Waals surface area contributed by atoms with E-state index < -0.39 is 0 Å². The number of anilines is 2. The van der Waals surface area contributed by atoms with Crippen molar-refractivity contribution in [3.63, 3.8) is 0 Å². The van der Waals surface area contributed by atoms with Crippen molar-refractivity contribution in [2.75, 3.05) is 19.1 Å². The second-order valence-electron chi connectivity index (χ2n) is 4.40. The third-order valence-corrected chi connectivity index (χ3v) is 3.27. The van der Waals surface area contributed by atoms with Gasteiger partial charge in [-0.2, -0.15) is 5.10 Å². The number of hydrogen-bond donors (Lipinski definition) is 0. The van der Waals surface area contributed by atoms with E-state index in [0.717, 1.165) is 28.5 Å². The van der Waals surface area contributed by atoms with E-state index in [1.165, 1.54) is 0 Å². The molecule has 0 unspecified atom stereocenters. The number of hydrogen-bond acceptors (Lipinski definition) is 3. The Kier molecular flexibility index (Phi) is 3.28. The van der Waals surface area contributed by atoms with Crippen molar-refractivity contribution in [3.05, 3.63) is 35.7 Å². The first-order chi connectivity index (χ1) is 8.54. The molecule has 0 saturated carbocycles. The Labute approximate surface area is 108 Å². The zero-order valence-electron chi connectivity index (χ0n) is 11.6. The third kappa shape index (κ3) is 2.06. The summed E-state index contributed by atoms with van der Waals surface area (Å²) in [5.41, 5.74) is 4.47. The monoisotopic (exact) mass is 245 g/mol. The highest BCUT2D eigenvalue weighted by Crippen LogP contribution is 2.30. The highest BCUT2D eigenvalue weighted by molar-refractivity contribution is 5.67. The van der Waals surface area contributed by atoms with Crippen LogP contribution in [-0.4, -0.2) is 23.9 Å². The Hall–Kier alpha value is -1.97. The summed E-state index contributed by atoms with van der Waals surface area (Å²) < 4.78 is 7.08. The summed E-state index contributed by atoms with van der Waals surface area (Å²) in [6.07, 6.45) is 0. The molecule has 0 saturated heterocycles. The molecule has 0 radical (unpaired) electrons. The van der Waals surface area contributed by atoms with Crippen LogP contribution in [0.2, 0.25) is 0 Å². The first-order valence-corrected chi connectivity index (χ1v) is 5.92. The van der Waals surface area contributed by atoms with Gasteiger partial charge in [0, 0.05) is 19.8 Å². The predicted octanol–water partition coefficient (Wildman–Crippen LogP) is 2.81. The highest BCUT2D eigenvalue weighted by atomic mass is 16.5. The van der Waals surface area contributed by atoms with Gasteiger partial charge in [-0.15, -0.1) is 0 Å². The molecule has 0 aliphatic carbocycles. The van der Waals surface area contributed by atoms with E-state index in [2.05, 4.69) is 24.0 Å². The SMILES string of the molecule is COc1ccc(N(C)c2c(C)nn(C)c2C)cc1. The fourth-order valence-corrected chi connectivity index (χ4v) is 2.18. The van der Waals surface area contributed by atoms with Gasteiger partial charge in [0.1, 0.15) is 5.75 Å². The average molecular weight is 245 g/mol. The third-order valence-electron chi connectivity index (χ3n) is 3.27. The molecule has 1 aromatic heterocycles. The van der Waals surface area contributed by atoms with Crippen molar-refractivity contribution < 1.29 is 4.74 Å². The smallest absolute Gasteiger partial charge is 0.119 e. The molecule has 2 rings (SSSR count). The van der Waals surface area contributed by atoms with Gasteiger partial charge < -0.3 is 9.64 Å². The lowest BCUT2D eigenvalue weighted by molar-refractivity contribution is 0.415. The van der Waals surface area contributed by atoms with Crippen LogP contribution in [0.4, 0.5) is 11.4 Å². The van der Waals surface area contributed by atoms with Crippen LogP contribution in [0.15, 0.2) is 24.3 Å². The second-order valence-corrected chi connectivity index (χ2v) is 4.40. The van der Waals surface area contributed by atoms with Gasteiger partial charge in [0.05, 0.1) is 24.2 Å². The maximum absolute atomic E-state index is 5.17. The molecular formula is C14H19N3O. The molecule has 1 aromatic carbocycles. The molecule has 18 heavy (non-hydrogen) atoms. The van der Waals surface area contributed by atoms with Crippen LogP contribution >= 0.6 is 0 Å². The lowest BCUT2D eigenvalue weighted by Gasteiger charge is -2.20. The molecule has 0 N–H and O–H groups in total. The van der Waals surface area contributed by atoms with Crippen LogP contribution in [0.1, 0.15) is 11.4 Å². The second kappa shape index (κ2) is 4.72. The zero-order valence-corrected chi connectivity index (χ0v) is 11.6. The predicted molar refractivity (Wildman–Crippen MR) is 73.7 cm³/mol. The number of ether oxygens (including phenoxy) is 1. The summed E-state index contributed by atoms with van der Waals surface area (Å²) in [7, 11) is 5.70. The molecule has 0 fully saturated rings. The van der Waals surface area contributed by atoms with Gasteiger partial charge in [-0.1, -0.05) is 0 Å². The molecule has 0 spiro atoms. The molecular weight excluding hydrogens is 226 g/mol. The summed E-state index contributed by atoms with van der Waals surface area (Å²) in [6.45, 7) is 4.11. The van der Waals surface area contributed by atoms with E-state index in [0.29, 0.717) is 0 Å². The van der Waals surface area contributed by atoms with Gasteiger partial charge >= 0.3 is 0 Å². The molecule has 1 heterocycles. The Morgan fingerprint density at radius 2 is 1.78 bits per heavy atom. The Morgan fingerprint density at radius 3 is 2.22 bits per heavy atom. The van der Waals surface area contributed by atoms with E-state index in [1.54, 1.807) is 7.11 Å². The van der Waals surface area contributed by atoms with Crippen LogP contribution < -0.4 is 9.64 Å². The lowest BCUT2D eigenvalue weighted by Crippen LogP contribution is -2.11. The molecule has 0 aliphatic heterocycles. The van der Waals surface area contributed by atoms with E-state index in [4.69, 9.17) is 4.74 Å². The number of nitrogens with zero attached hydrogens (tertiary/aromatic N) is 3. The van der Waals surface area contributed by atoms with Crippen molar-refractivity contribution in [1.29, 1.82) is 0 Å². The minimum atomic E-state index is 0.867. The van der Waals surface area contributed by atoms with Crippen molar-refractivity contribution >= 4 is 11.4 Å². The minimum Gasteiger partial charge on any atom is -0.497 e. The van der Waals surface area contributed by atoms with Gasteiger partial charge in [0.25, 0.3) is 0 Å². The number of methoxy groups -OCH3 is 1. The molecule has 2 aromatic rings. The van der Waals surface area contributed by atoms with E-state index in [1.807, 2.05) is 42.9 Å². The van der Waals surface area contributed by atoms with Crippen LogP contribution in [0.5, 0.6) is 5.75 Å². The maximum Gasteiger partial charge on any atom is 0.119 e. The first kappa shape index (κ1) is 12.5. The molecule has 0 bridgehead atoms. The molecule has 4 nitrogen and oxygen atoms in total. The Morgan fingerprint density at radius 1 is 1.17 bits per heavy atom. The van der Waals surface area contributed by atoms with E-state index in [9.17, 15) is 0 Å². The van der Waals surface area contributed by atoms with Gasteiger partial charge in [-0.05, 0) is 38.1 Å². The fourth-order valence-electron chi connectivity index (χ4n) is 2.18. The van der Waals surface area contributed by atoms with Crippen molar-refractivity contribution in [2.45, 2.75) is 13.8 Å². The molecule has 4 heteroatoms. The van der Waals surface area contributed by atoms with Crippen LogP contribution in [-0.2, 0) is 7.05 Å². The normalized spacial score (nSPS) is 10.5. The van der Waals surface area contributed by atoms with Crippen LogP contribution in [0, 0.1) is 13.8 Å². The summed E-state index contributed by atoms with van der Waals surface area (Å²) in [5, 5.41) is 4.44. The van der Waals surface area contributed by atoms with Gasteiger partial charge in [-0.25, -0.2) is 0 Å². The van der Waals surface area contributed by atoms with Gasteiger partial charge in [0.2, 0.25) is 0 Å². The lowest BCUT2D eigenvalue weighted by atomic mass is 10.2. The Bertz CT molecular complexity index is 543. The highest BCUT2D eigenvalue weighted by Gasteiger charge is 2.14. The fraction of sp³-hybridized carbons (Fsp3) is 0.357. The minimum absolute atomic E-state index is 0.867. The average Bonchev–Trinajstić information content (AvgIpc) is 2.63. The standard InChI is InChI=1S/C14H19N3O/c1-10-14(11(2)17(4)15-10)16(3)12-6-8-13(18-5)9-7-12/h6-9H,1-5H3. The van der Waals surface area contributed by atoms with Crippen molar-refractivity contribution in [3.8, 4) is 5.75 Å². The molecule has 96 valence electrons. The largest absolute Gasteiger partial charge is 0.497 e. The summed E-state index contributed by atoms with van der Waals surface area (Å²) in [5.74, 6) is 0.867. The summed E-state index contributed by atoms with van der Waals surface area (Å²) in [6, 6.07) is 8.02.